The summed E-state index contributed by atoms with van der Waals surface area (Å²) in [6, 6.07) is 2.90. The highest BCUT2D eigenvalue weighted by molar-refractivity contribution is 5.35. The summed E-state index contributed by atoms with van der Waals surface area (Å²) in [5, 5.41) is 3.44. The normalized spacial score (nSPS) is 22.5. The summed E-state index contributed by atoms with van der Waals surface area (Å²) in [7, 11) is 2.26. The van der Waals surface area contributed by atoms with Crippen LogP contribution in [0, 0.1) is 0 Å². The first-order valence-electron chi connectivity index (χ1n) is 8.67. The summed E-state index contributed by atoms with van der Waals surface area (Å²) in [6.07, 6.45) is 9.46. The molecule has 2 fully saturated rings. The molecule has 3 rings (SSSR count). The van der Waals surface area contributed by atoms with Gasteiger partial charge in [0.1, 0.15) is 12.1 Å². The van der Waals surface area contributed by atoms with Crippen LogP contribution in [0.1, 0.15) is 50.1 Å². The molecule has 2 heterocycles. The van der Waals surface area contributed by atoms with Crippen molar-refractivity contribution >= 4 is 5.82 Å². The Morgan fingerprint density at radius 2 is 2.14 bits per heavy atom. The quantitative estimate of drug-likeness (QED) is 0.785. The van der Waals surface area contributed by atoms with E-state index in [0.717, 1.165) is 56.7 Å². The second-order valence-corrected chi connectivity index (χ2v) is 6.59. The maximum absolute atomic E-state index is 5.44. The minimum atomic E-state index is 0.442. The Bertz CT molecular complexity index is 456. The van der Waals surface area contributed by atoms with Crippen LogP contribution in [-0.2, 0) is 4.74 Å². The zero-order valence-electron chi connectivity index (χ0n) is 13.6. The molecular formula is C17H28N4O. The molecule has 22 heavy (non-hydrogen) atoms. The summed E-state index contributed by atoms with van der Waals surface area (Å²) in [5.41, 5.74) is 1.11. The van der Waals surface area contributed by atoms with E-state index in [4.69, 9.17) is 4.74 Å². The van der Waals surface area contributed by atoms with Crippen molar-refractivity contribution in [1.82, 2.24) is 14.9 Å². The molecule has 1 aliphatic carbocycles. The van der Waals surface area contributed by atoms with Gasteiger partial charge < -0.3 is 15.0 Å². The Kier molecular flexibility index (Phi) is 5.62. The number of anilines is 1. The standard InChI is InChI=1S/C17H28N4O/c1-21(15-5-2-3-6-15)9-4-8-18-17-11-16(19-13-20-17)14-7-10-22-12-14/h11,13-15H,2-10,12H2,1H3,(H,18,19,20)/t14-/m0/s1. The molecule has 5 nitrogen and oxygen atoms in total. The predicted molar refractivity (Wildman–Crippen MR) is 88.2 cm³/mol. The average molecular weight is 304 g/mol. The van der Waals surface area contributed by atoms with Gasteiger partial charge in [0.15, 0.2) is 0 Å². The lowest BCUT2D eigenvalue weighted by Gasteiger charge is -2.23. The zero-order valence-corrected chi connectivity index (χ0v) is 13.6. The molecule has 122 valence electrons. The van der Waals surface area contributed by atoms with Gasteiger partial charge in [0.25, 0.3) is 0 Å². The largest absolute Gasteiger partial charge is 0.381 e. The van der Waals surface area contributed by atoms with E-state index in [1.54, 1.807) is 6.33 Å². The lowest BCUT2D eigenvalue weighted by molar-refractivity contribution is 0.193. The summed E-state index contributed by atoms with van der Waals surface area (Å²) >= 11 is 0. The summed E-state index contributed by atoms with van der Waals surface area (Å²) in [5.74, 6) is 1.39. The number of aromatic nitrogens is 2. The molecule has 1 atom stereocenters. The van der Waals surface area contributed by atoms with Gasteiger partial charge in [0.05, 0.1) is 12.3 Å². The minimum absolute atomic E-state index is 0.442. The molecule has 1 saturated carbocycles. The Morgan fingerprint density at radius 1 is 1.27 bits per heavy atom. The highest BCUT2D eigenvalue weighted by Crippen LogP contribution is 2.24. The van der Waals surface area contributed by atoms with Crippen LogP contribution in [-0.4, -0.2) is 54.3 Å². The van der Waals surface area contributed by atoms with Crippen LogP contribution in [0.5, 0.6) is 0 Å². The molecule has 0 bridgehead atoms. The Labute approximate surface area is 133 Å². The number of nitrogens with zero attached hydrogens (tertiary/aromatic N) is 3. The van der Waals surface area contributed by atoms with Crippen LogP contribution < -0.4 is 5.32 Å². The van der Waals surface area contributed by atoms with Gasteiger partial charge >= 0.3 is 0 Å². The third-order valence-electron chi connectivity index (χ3n) is 4.98. The molecule has 1 aromatic heterocycles. The maximum Gasteiger partial charge on any atom is 0.129 e. The second-order valence-electron chi connectivity index (χ2n) is 6.59. The monoisotopic (exact) mass is 304 g/mol. The Balaban J connectivity index is 1.40. The smallest absolute Gasteiger partial charge is 0.129 e. The molecule has 1 saturated heterocycles. The third kappa shape index (κ3) is 4.17. The first kappa shape index (κ1) is 15.7. The molecule has 0 amide bonds. The van der Waals surface area contributed by atoms with Gasteiger partial charge in [-0.25, -0.2) is 9.97 Å². The van der Waals surface area contributed by atoms with Crippen LogP contribution in [0.15, 0.2) is 12.4 Å². The van der Waals surface area contributed by atoms with Crippen molar-refractivity contribution < 1.29 is 4.74 Å². The zero-order chi connectivity index (χ0) is 15.2. The van der Waals surface area contributed by atoms with E-state index < -0.39 is 0 Å². The van der Waals surface area contributed by atoms with E-state index in [9.17, 15) is 0 Å². The van der Waals surface area contributed by atoms with E-state index >= 15 is 0 Å². The van der Waals surface area contributed by atoms with Gasteiger partial charge in [0, 0.05) is 31.2 Å². The molecule has 0 radical (unpaired) electrons. The second kappa shape index (κ2) is 7.88. The minimum Gasteiger partial charge on any atom is -0.381 e. The first-order chi connectivity index (χ1) is 10.8. The van der Waals surface area contributed by atoms with Gasteiger partial charge in [0.2, 0.25) is 0 Å². The average Bonchev–Trinajstić information content (AvgIpc) is 3.24. The lowest BCUT2D eigenvalue weighted by Crippen LogP contribution is -2.31. The van der Waals surface area contributed by atoms with Crippen LogP contribution in [0.4, 0.5) is 5.82 Å². The van der Waals surface area contributed by atoms with Crippen molar-refractivity contribution in [2.24, 2.45) is 0 Å². The third-order valence-corrected chi connectivity index (χ3v) is 4.98. The van der Waals surface area contributed by atoms with Crippen molar-refractivity contribution in [2.45, 2.75) is 50.5 Å². The fourth-order valence-electron chi connectivity index (χ4n) is 3.53. The summed E-state index contributed by atoms with van der Waals surface area (Å²) in [4.78, 5) is 11.2. The van der Waals surface area contributed by atoms with Gasteiger partial charge in [-0.05, 0) is 39.3 Å². The SMILES string of the molecule is CN(CCCNc1cc([C@H]2CCOC2)ncn1)C1CCCC1. The van der Waals surface area contributed by atoms with Crippen molar-refractivity contribution in [3.05, 3.63) is 18.1 Å². The molecule has 5 heteroatoms. The van der Waals surface area contributed by atoms with E-state index in [-0.39, 0.29) is 0 Å². The van der Waals surface area contributed by atoms with Gasteiger partial charge in [-0.2, -0.15) is 0 Å². The number of ether oxygens (including phenoxy) is 1. The number of hydrogen-bond acceptors (Lipinski definition) is 5. The molecular weight excluding hydrogens is 276 g/mol. The first-order valence-corrected chi connectivity index (χ1v) is 8.67. The van der Waals surface area contributed by atoms with E-state index in [2.05, 4.69) is 33.3 Å². The van der Waals surface area contributed by atoms with Crippen molar-refractivity contribution in [2.75, 3.05) is 38.7 Å². The van der Waals surface area contributed by atoms with E-state index in [1.165, 1.54) is 25.7 Å². The Hall–Kier alpha value is -1.20. The highest BCUT2D eigenvalue weighted by atomic mass is 16.5. The molecule has 1 aromatic rings. The van der Waals surface area contributed by atoms with Crippen LogP contribution >= 0.6 is 0 Å². The molecule has 1 aliphatic heterocycles. The highest BCUT2D eigenvalue weighted by Gasteiger charge is 2.20. The van der Waals surface area contributed by atoms with E-state index in [0.29, 0.717) is 5.92 Å². The summed E-state index contributed by atoms with van der Waals surface area (Å²) in [6.45, 7) is 3.77. The predicted octanol–water partition coefficient (Wildman–Crippen LogP) is 2.66. The number of nitrogens with one attached hydrogen (secondary N) is 1. The van der Waals surface area contributed by atoms with Crippen LogP contribution in [0.2, 0.25) is 0 Å². The van der Waals surface area contributed by atoms with Crippen LogP contribution in [0.3, 0.4) is 0 Å². The number of rotatable bonds is 7. The lowest BCUT2D eigenvalue weighted by atomic mass is 10.1. The molecule has 2 aliphatic rings. The Morgan fingerprint density at radius 3 is 2.91 bits per heavy atom. The summed E-state index contributed by atoms with van der Waals surface area (Å²) < 4.78 is 5.44. The van der Waals surface area contributed by atoms with E-state index in [1.807, 2.05) is 0 Å². The van der Waals surface area contributed by atoms with Crippen molar-refractivity contribution in [3.63, 3.8) is 0 Å². The van der Waals surface area contributed by atoms with Crippen molar-refractivity contribution in [3.8, 4) is 0 Å². The van der Waals surface area contributed by atoms with Crippen molar-refractivity contribution in [1.29, 1.82) is 0 Å². The molecule has 0 aromatic carbocycles. The van der Waals surface area contributed by atoms with Gasteiger partial charge in [-0.15, -0.1) is 0 Å². The number of hydrogen-bond donors (Lipinski definition) is 1. The molecule has 1 N–H and O–H groups in total. The maximum atomic E-state index is 5.44. The van der Waals surface area contributed by atoms with Gasteiger partial charge in [-0.1, -0.05) is 12.8 Å². The van der Waals surface area contributed by atoms with Gasteiger partial charge in [-0.3, -0.25) is 0 Å². The molecule has 0 spiro atoms. The topological polar surface area (TPSA) is 50.3 Å². The fourth-order valence-corrected chi connectivity index (χ4v) is 3.53. The fraction of sp³-hybridized carbons (Fsp3) is 0.765. The molecule has 0 unspecified atom stereocenters. The van der Waals surface area contributed by atoms with Crippen LogP contribution in [0.25, 0.3) is 0 Å².